The van der Waals surface area contributed by atoms with Crippen molar-refractivity contribution in [3.05, 3.63) is 157 Å². The van der Waals surface area contributed by atoms with Crippen LogP contribution in [0.25, 0.3) is 96.1 Å². The molecule has 10 rings (SSSR count). The summed E-state index contributed by atoms with van der Waals surface area (Å²) in [5.41, 5.74) is 11.8. The van der Waals surface area contributed by atoms with E-state index < -0.39 is 0 Å². The van der Waals surface area contributed by atoms with Crippen LogP contribution in [0.4, 0.5) is 0 Å². The lowest BCUT2D eigenvalue weighted by atomic mass is 9.84. The number of nitrogens with zero attached hydrogens (tertiary/aromatic N) is 2. The van der Waals surface area contributed by atoms with Crippen molar-refractivity contribution in [2.45, 2.75) is 13.8 Å². The van der Waals surface area contributed by atoms with Crippen LogP contribution in [0.2, 0.25) is 0 Å². The average Bonchev–Trinajstić information content (AvgIpc) is 3.77. The molecule has 0 saturated heterocycles. The minimum atomic E-state index is 1.05. The van der Waals surface area contributed by atoms with Crippen LogP contribution in [0, 0.1) is 13.8 Å². The van der Waals surface area contributed by atoms with E-state index in [2.05, 4.69) is 159 Å². The number of rotatable bonds is 4. The van der Waals surface area contributed by atoms with Gasteiger partial charge < -0.3 is 0 Å². The van der Waals surface area contributed by atoms with Crippen LogP contribution in [-0.2, 0) is 0 Å². The Bertz CT molecular complexity index is 2760. The number of fused-ring (bicyclic) bond motifs is 5. The van der Waals surface area contributed by atoms with Crippen LogP contribution in [0.15, 0.2) is 146 Å². The fraction of sp³-hybridized carbons (Fsp3) is 0.0435. The first-order chi connectivity index (χ1) is 24.6. The summed E-state index contributed by atoms with van der Waals surface area (Å²) in [4.78, 5) is 10.1. The highest BCUT2D eigenvalue weighted by Gasteiger charge is 2.19. The van der Waals surface area contributed by atoms with Crippen molar-refractivity contribution >= 4 is 75.4 Å². The van der Waals surface area contributed by atoms with Gasteiger partial charge in [0.2, 0.25) is 0 Å². The molecule has 2 heterocycles. The van der Waals surface area contributed by atoms with Crippen LogP contribution in [0.3, 0.4) is 0 Å². The van der Waals surface area contributed by atoms with Crippen LogP contribution in [0.5, 0.6) is 0 Å². The molecule has 236 valence electrons. The molecular formula is C46H30N2S2. The van der Waals surface area contributed by atoms with E-state index in [1.54, 1.807) is 22.7 Å². The van der Waals surface area contributed by atoms with E-state index in [0.717, 1.165) is 32.2 Å². The monoisotopic (exact) mass is 674 g/mol. The lowest BCUT2D eigenvalue weighted by molar-refractivity contribution is 1.45. The van der Waals surface area contributed by atoms with Gasteiger partial charge in [0, 0.05) is 11.1 Å². The quantitative estimate of drug-likeness (QED) is 0.174. The van der Waals surface area contributed by atoms with Gasteiger partial charge in [-0.2, -0.15) is 0 Å². The zero-order chi connectivity index (χ0) is 33.3. The van der Waals surface area contributed by atoms with Crippen LogP contribution in [-0.4, -0.2) is 9.97 Å². The van der Waals surface area contributed by atoms with E-state index in [4.69, 9.17) is 9.97 Å². The lowest BCUT2D eigenvalue weighted by Gasteiger charge is -2.19. The largest absolute Gasteiger partial charge is 0.236 e. The molecule has 0 aliphatic carbocycles. The summed E-state index contributed by atoms with van der Waals surface area (Å²) in [7, 11) is 0. The zero-order valence-corrected chi connectivity index (χ0v) is 29.2. The topological polar surface area (TPSA) is 25.8 Å². The van der Waals surface area contributed by atoms with Gasteiger partial charge in [-0.05, 0) is 128 Å². The number of hydrogen-bond donors (Lipinski definition) is 0. The Kier molecular flexibility index (Phi) is 6.70. The van der Waals surface area contributed by atoms with Gasteiger partial charge in [-0.1, -0.05) is 97.1 Å². The standard InChI is InChI=1S/C46H30N2S2/c1-27-17-19-39-41(21-27)49-45(47-39)33-13-7-11-31(23-33)43-35-15-5-6-16-36(35)44(38-26-30-10-4-3-9-29(30)25-37(38)43)32-12-8-14-34(24-32)46-48-40-20-18-28(2)22-42(40)50-46/h3-26H,1-2H3. The maximum absolute atomic E-state index is 5.04. The number of aromatic nitrogens is 2. The van der Waals surface area contributed by atoms with Crippen LogP contribution in [0.1, 0.15) is 11.1 Å². The first-order valence-corrected chi connectivity index (χ1v) is 18.5. The van der Waals surface area contributed by atoms with Crippen LogP contribution >= 0.6 is 22.7 Å². The van der Waals surface area contributed by atoms with Gasteiger partial charge in [-0.3, -0.25) is 0 Å². The molecule has 0 aliphatic rings. The van der Waals surface area contributed by atoms with Crippen molar-refractivity contribution in [2.24, 2.45) is 0 Å². The molecule has 0 N–H and O–H groups in total. The van der Waals surface area contributed by atoms with Gasteiger partial charge in [-0.25, -0.2) is 9.97 Å². The Morgan fingerprint density at radius 1 is 0.380 bits per heavy atom. The van der Waals surface area contributed by atoms with Gasteiger partial charge in [0.25, 0.3) is 0 Å². The molecule has 0 amide bonds. The van der Waals surface area contributed by atoms with Gasteiger partial charge in [0.15, 0.2) is 0 Å². The molecule has 2 aromatic heterocycles. The maximum Gasteiger partial charge on any atom is 0.124 e. The molecule has 0 bridgehead atoms. The van der Waals surface area contributed by atoms with E-state index in [0.29, 0.717) is 0 Å². The van der Waals surface area contributed by atoms with E-state index in [1.807, 2.05) is 0 Å². The predicted octanol–water partition coefficient (Wildman–Crippen LogP) is 13.7. The number of thiazole rings is 2. The van der Waals surface area contributed by atoms with E-state index in [-0.39, 0.29) is 0 Å². The minimum absolute atomic E-state index is 1.05. The highest BCUT2D eigenvalue weighted by molar-refractivity contribution is 7.22. The fourth-order valence-corrected chi connectivity index (χ4v) is 9.53. The Morgan fingerprint density at radius 3 is 1.30 bits per heavy atom. The Hall–Kier alpha value is -5.68. The van der Waals surface area contributed by atoms with Gasteiger partial charge >= 0.3 is 0 Å². The summed E-state index contributed by atoms with van der Waals surface area (Å²) in [5.74, 6) is 0. The molecule has 0 unspecified atom stereocenters. The Labute approximate surface area is 298 Å². The number of aryl methyl sites for hydroxylation is 2. The SMILES string of the molecule is Cc1ccc2nc(-c3cccc(-c4c5ccccc5c(-c5cccc(-c6nc7ccc(C)cc7s6)c5)c5cc6ccccc6cc45)c3)sc2c1. The van der Waals surface area contributed by atoms with Crippen molar-refractivity contribution in [3.63, 3.8) is 0 Å². The average molecular weight is 675 g/mol. The second kappa shape index (κ2) is 11.4. The van der Waals surface area contributed by atoms with Gasteiger partial charge in [0.05, 0.1) is 20.4 Å². The summed E-state index contributed by atoms with van der Waals surface area (Å²) >= 11 is 3.53. The minimum Gasteiger partial charge on any atom is -0.236 e. The Morgan fingerprint density at radius 2 is 0.820 bits per heavy atom. The third-order valence-electron chi connectivity index (χ3n) is 9.77. The predicted molar refractivity (Wildman–Crippen MR) is 217 cm³/mol. The molecule has 4 heteroatoms. The second-order valence-corrected chi connectivity index (χ2v) is 15.2. The van der Waals surface area contributed by atoms with E-state index in [1.165, 1.54) is 75.1 Å². The summed E-state index contributed by atoms with van der Waals surface area (Å²) in [6, 6.07) is 53.3. The Balaban J connectivity index is 1.23. The highest BCUT2D eigenvalue weighted by atomic mass is 32.1. The maximum atomic E-state index is 5.04. The van der Waals surface area contributed by atoms with Crippen molar-refractivity contribution < 1.29 is 0 Å². The summed E-state index contributed by atoms with van der Waals surface area (Å²) in [6.07, 6.45) is 0. The molecular weight excluding hydrogens is 645 g/mol. The van der Waals surface area contributed by atoms with Crippen molar-refractivity contribution in [1.29, 1.82) is 0 Å². The molecule has 0 aliphatic heterocycles. The first kappa shape index (κ1) is 29.3. The third-order valence-corrected chi connectivity index (χ3v) is 11.9. The van der Waals surface area contributed by atoms with Crippen molar-refractivity contribution in [1.82, 2.24) is 9.97 Å². The summed E-state index contributed by atoms with van der Waals surface area (Å²) in [5, 5.41) is 9.53. The fourth-order valence-electron chi connectivity index (χ4n) is 7.41. The molecule has 0 saturated carbocycles. The van der Waals surface area contributed by atoms with Gasteiger partial charge in [0.1, 0.15) is 10.0 Å². The second-order valence-electron chi connectivity index (χ2n) is 13.2. The highest BCUT2D eigenvalue weighted by Crippen LogP contribution is 2.46. The smallest absolute Gasteiger partial charge is 0.124 e. The van der Waals surface area contributed by atoms with Crippen molar-refractivity contribution in [3.8, 4) is 43.4 Å². The number of hydrogen-bond acceptors (Lipinski definition) is 4. The lowest BCUT2D eigenvalue weighted by Crippen LogP contribution is -1.92. The third kappa shape index (κ3) is 4.83. The molecule has 10 aromatic rings. The van der Waals surface area contributed by atoms with Crippen molar-refractivity contribution in [2.75, 3.05) is 0 Å². The normalized spacial score (nSPS) is 11.8. The summed E-state index contributed by atoms with van der Waals surface area (Å²) in [6.45, 7) is 4.28. The molecule has 2 nitrogen and oxygen atoms in total. The molecule has 0 atom stereocenters. The van der Waals surface area contributed by atoms with Crippen LogP contribution < -0.4 is 0 Å². The zero-order valence-electron chi connectivity index (χ0n) is 27.6. The first-order valence-electron chi connectivity index (χ1n) is 16.9. The molecule has 8 aromatic carbocycles. The van der Waals surface area contributed by atoms with Gasteiger partial charge in [-0.15, -0.1) is 22.7 Å². The van der Waals surface area contributed by atoms with E-state index >= 15 is 0 Å². The molecule has 0 fully saturated rings. The number of benzene rings is 8. The molecule has 0 radical (unpaired) electrons. The summed E-state index contributed by atoms with van der Waals surface area (Å²) < 4.78 is 2.45. The molecule has 50 heavy (non-hydrogen) atoms. The van der Waals surface area contributed by atoms with E-state index in [9.17, 15) is 0 Å². The molecule has 0 spiro atoms.